The predicted molar refractivity (Wildman–Crippen MR) is 67.9 cm³/mol. The van der Waals surface area contributed by atoms with E-state index >= 15 is 0 Å². The number of anilines is 1. The Morgan fingerprint density at radius 3 is 2.76 bits per heavy atom. The molecule has 0 bridgehead atoms. The minimum absolute atomic E-state index is 0.0860. The van der Waals surface area contributed by atoms with Crippen LogP contribution in [0, 0.1) is 12.7 Å². The largest absolute Gasteiger partial charge is 0.368 e. The molecule has 1 atom stereocenters. The van der Waals surface area contributed by atoms with Crippen LogP contribution >= 0.6 is 0 Å². The zero-order valence-electron chi connectivity index (χ0n) is 10.2. The van der Waals surface area contributed by atoms with Crippen molar-refractivity contribution < 1.29 is 4.39 Å². The molecule has 3 heteroatoms. The fourth-order valence-electron chi connectivity index (χ4n) is 2.57. The van der Waals surface area contributed by atoms with Gasteiger partial charge in [-0.05, 0) is 43.9 Å². The molecule has 1 N–H and O–H groups in total. The highest BCUT2D eigenvalue weighted by atomic mass is 19.1. The number of hydrogen-bond acceptors (Lipinski definition) is 2. The summed E-state index contributed by atoms with van der Waals surface area (Å²) in [5, 5.41) is 3.62. The molecule has 0 amide bonds. The van der Waals surface area contributed by atoms with Crippen molar-refractivity contribution in [3.8, 4) is 0 Å². The van der Waals surface area contributed by atoms with E-state index in [2.05, 4.69) is 10.2 Å². The zero-order chi connectivity index (χ0) is 11.8. The second kappa shape index (κ2) is 4.30. The monoisotopic (exact) mass is 234 g/mol. The van der Waals surface area contributed by atoms with Crippen LogP contribution in [0.1, 0.15) is 24.8 Å². The average molecular weight is 234 g/mol. The van der Waals surface area contributed by atoms with E-state index in [9.17, 15) is 4.39 Å². The van der Waals surface area contributed by atoms with Crippen molar-refractivity contribution in [3.05, 3.63) is 29.6 Å². The molecule has 0 radical (unpaired) electrons. The van der Waals surface area contributed by atoms with E-state index in [1.165, 1.54) is 12.8 Å². The minimum atomic E-state index is -0.0860. The highest BCUT2D eigenvalue weighted by Gasteiger charge is 2.29. The summed E-state index contributed by atoms with van der Waals surface area (Å²) in [7, 11) is 0. The lowest BCUT2D eigenvalue weighted by Gasteiger charge is -2.20. The van der Waals surface area contributed by atoms with Gasteiger partial charge in [0.1, 0.15) is 5.82 Å². The number of hydrogen-bond donors (Lipinski definition) is 1. The molecular formula is C14H19FN2. The molecule has 1 saturated heterocycles. The number of nitrogens with one attached hydrogen (secondary N) is 1. The van der Waals surface area contributed by atoms with Crippen molar-refractivity contribution >= 4 is 5.69 Å². The molecule has 2 nitrogen and oxygen atoms in total. The van der Waals surface area contributed by atoms with Gasteiger partial charge in [0.25, 0.3) is 0 Å². The molecule has 2 aliphatic rings. The molecule has 92 valence electrons. The second-order valence-electron chi connectivity index (χ2n) is 5.33. The van der Waals surface area contributed by atoms with Gasteiger partial charge in [-0.25, -0.2) is 4.39 Å². The van der Waals surface area contributed by atoms with Gasteiger partial charge in [-0.2, -0.15) is 0 Å². The van der Waals surface area contributed by atoms with Gasteiger partial charge >= 0.3 is 0 Å². The number of benzene rings is 1. The van der Waals surface area contributed by atoms with Crippen molar-refractivity contribution in [2.45, 2.75) is 38.3 Å². The van der Waals surface area contributed by atoms with E-state index in [0.29, 0.717) is 6.04 Å². The SMILES string of the molecule is Cc1ccc(N2CCC(NC3CC3)C2)c(F)c1. The van der Waals surface area contributed by atoms with Crippen molar-refractivity contribution in [1.29, 1.82) is 0 Å². The molecule has 1 heterocycles. The molecule has 0 spiro atoms. The molecule has 1 aliphatic carbocycles. The first kappa shape index (κ1) is 11.0. The van der Waals surface area contributed by atoms with Gasteiger partial charge < -0.3 is 10.2 Å². The molecular weight excluding hydrogens is 215 g/mol. The van der Waals surface area contributed by atoms with Crippen LogP contribution in [0.5, 0.6) is 0 Å². The maximum absolute atomic E-state index is 13.8. The van der Waals surface area contributed by atoms with Gasteiger partial charge in [-0.1, -0.05) is 6.07 Å². The molecule has 1 unspecified atom stereocenters. The Kier molecular flexibility index (Phi) is 2.79. The lowest BCUT2D eigenvalue weighted by Crippen LogP contribution is -2.34. The smallest absolute Gasteiger partial charge is 0.146 e. The molecule has 2 fully saturated rings. The van der Waals surface area contributed by atoms with E-state index in [0.717, 1.165) is 36.8 Å². The highest BCUT2D eigenvalue weighted by Crippen LogP contribution is 2.26. The number of nitrogens with zero attached hydrogens (tertiary/aromatic N) is 1. The standard InChI is InChI=1S/C14H19FN2/c1-10-2-5-14(13(15)8-10)17-7-6-12(9-17)16-11-3-4-11/h2,5,8,11-12,16H,3-4,6-7,9H2,1H3. The summed E-state index contributed by atoms with van der Waals surface area (Å²) in [6.07, 6.45) is 3.76. The second-order valence-corrected chi connectivity index (χ2v) is 5.33. The Hall–Kier alpha value is -1.09. The molecule has 1 aromatic carbocycles. The van der Waals surface area contributed by atoms with Gasteiger partial charge in [0.15, 0.2) is 0 Å². The molecule has 1 aromatic rings. The molecule has 17 heavy (non-hydrogen) atoms. The summed E-state index contributed by atoms with van der Waals surface area (Å²) in [5.74, 6) is -0.0860. The van der Waals surface area contributed by atoms with E-state index < -0.39 is 0 Å². The minimum Gasteiger partial charge on any atom is -0.368 e. The Bertz CT molecular complexity index is 415. The maximum atomic E-state index is 13.8. The third-order valence-electron chi connectivity index (χ3n) is 3.68. The lowest BCUT2D eigenvalue weighted by atomic mass is 10.2. The highest BCUT2D eigenvalue weighted by molar-refractivity contribution is 5.50. The fourth-order valence-corrected chi connectivity index (χ4v) is 2.57. The third-order valence-corrected chi connectivity index (χ3v) is 3.68. The van der Waals surface area contributed by atoms with Crippen LogP contribution in [0.4, 0.5) is 10.1 Å². The first-order chi connectivity index (χ1) is 8.22. The maximum Gasteiger partial charge on any atom is 0.146 e. The van der Waals surface area contributed by atoms with E-state index in [1.54, 1.807) is 6.07 Å². The summed E-state index contributed by atoms with van der Waals surface area (Å²) in [5.41, 5.74) is 1.74. The molecule has 0 aromatic heterocycles. The Labute approximate surface area is 102 Å². The van der Waals surface area contributed by atoms with Crippen LogP contribution in [-0.2, 0) is 0 Å². The Balaban J connectivity index is 1.68. The van der Waals surface area contributed by atoms with Gasteiger partial charge in [-0.3, -0.25) is 0 Å². The topological polar surface area (TPSA) is 15.3 Å². The van der Waals surface area contributed by atoms with Crippen LogP contribution < -0.4 is 10.2 Å². The van der Waals surface area contributed by atoms with Crippen LogP contribution in [0.3, 0.4) is 0 Å². The fraction of sp³-hybridized carbons (Fsp3) is 0.571. The van der Waals surface area contributed by atoms with Gasteiger partial charge in [-0.15, -0.1) is 0 Å². The summed E-state index contributed by atoms with van der Waals surface area (Å²) in [6.45, 7) is 3.83. The van der Waals surface area contributed by atoms with Crippen LogP contribution in [0.25, 0.3) is 0 Å². The van der Waals surface area contributed by atoms with Crippen molar-refractivity contribution in [1.82, 2.24) is 5.32 Å². The van der Waals surface area contributed by atoms with Crippen molar-refractivity contribution in [2.75, 3.05) is 18.0 Å². The first-order valence-electron chi connectivity index (χ1n) is 6.49. The average Bonchev–Trinajstić information content (AvgIpc) is 2.96. The van der Waals surface area contributed by atoms with Crippen molar-refractivity contribution in [3.63, 3.8) is 0 Å². The van der Waals surface area contributed by atoms with Gasteiger partial charge in [0, 0.05) is 25.2 Å². The summed E-state index contributed by atoms with van der Waals surface area (Å²) in [6, 6.07) is 6.80. The Morgan fingerprint density at radius 2 is 2.06 bits per heavy atom. The van der Waals surface area contributed by atoms with Crippen LogP contribution in [0.15, 0.2) is 18.2 Å². The van der Waals surface area contributed by atoms with Crippen LogP contribution in [0.2, 0.25) is 0 Å². The van der Waals surface area contributed by atoms with E-state index in [-0.39, 0.29) is 5.82 Å². The van der Waals surface area contributed by atoms with E-state index in [4.69, 9.17) is 0 Å². The van der Waals surface area contributed by atoms with Crippen LogP contribution in [-0.4, -0.2) is 25.2 Å². The molecule has 1 saturated carbocycles. The van der Waals surface area contributed by atoms with E-state index in [1.807, 2.05) is 19.1 Å². The Morgan fingerprint density at radius 1 is 1.24 bits per heavy atom. The normalized spacial score (nSPS) is 24.4. The number of aryl methyl sites for hydroxylation is 1. The molecule has 3 rings (SSSR count). The predicted octanol–water partition coefficient (Wildman–Crippen LogP) is 2.46. The summed E-state index contributed by atoms with van der Waals surface area (Å²) >= 11 is 0. The zero-order valence-corrected chi connectivity index (χ0v) is 10.2. The summed E-state index contributed by atoms with van der Waals surface area (Å²) in [4.78, 5) is 2.16. The number of halogens is 1. The van der Waals surface area contributed by atoms with Gasteiger partial charge in [0.2, 0.25) is 0 Å². The third kappa shape index (κ3) is 2.44. The number of rotatable bonds is 3. The lowest BCUT2D eigenvalue weighted by molar-refractivity contribution is 0.547. The van der Waals surface area contributed by atoms with Crippen molar-refractivity contribution in [2.24, 2.45) is 0 Å². The quantitative estimate of drug-likeness (QED) is 0.864. The first-order valence-corrected chi connectivity index (χ1v) is 6.49. The van der Waals surface area contributed by atoms with Gasteiger partial charge in [0.05, 0.1) is 5.69 Å². The molecule has 1 aliphatic heterocycles. The summed E-state index contributed by atoms with van der Waals surface area (Å²) < 4.78 is 13.8.